The van der Waals surface area contributed by atoms with E-state index in [0.717, 1.165) is 5.56 Å². The average Bonchev–Trinajstić information content (AvgIpc) is 3.05. The van der Waals surface area contributed by atoms with Crippen molar-refractivity contribution in [2.24, 2.45) is 17.6 Å². The summed E-state index contributed by atoms with van der Waals surface area (Å²) in [5, 5.41) is 1.94. The number of piperidine rings is 1. The molecule has 2 unspecified atom stereocenters. The summed E-state index contributed by atoms with van der Waals surface area (Å²) in [5.74, 6) is -2.16. The van der Waals surface area contributed by atoms with Gasteiger partial charge in [0.1, 0.15) is 12.0 Å². The van der Waals surface area contributed by atoms with Crippen molar-refractivity contribution in [1.29, 1.82) is 0 Å². The van der Waals surface area contributed by atoms with E-state index in [-0.39, 0.29) is 24.7 Å². The van der Waals surface area contributed by atoms with Gasteiger partial charge in [0.15, 0.2) is 0 Å². The van der Waals surface area contributed by atoms with Gasteiger partial charge in [-0.25, -0.2) is 0 Å². The minimum atomic E-state index is -4.49. The van der Waals surface area contributed by atoms with E-state index in [0.29, 0.717) is 19.6 Å². The smallest absolute Gasteiger partial charge is 0.344 e. The number of carbonyl (C=O) groups is 2. The first-order valence-corrected chi connectivity index (χ1v) is 8.72. The summed E-state index contributed by atoms with van der Waals surface area (Å²) >= 11 is 0. The standard InChI is InChI=1S/C18H22F3N3O2/c19-18(20,21)15-7-6-13(16(25)23-15)17(26)24-9-12(8-22)14(10-24)11-4-2-1-3-5-11/h1-5,12-15H,6-10,22H2,(H,23,25)/t12-,13?,14+,15?/m1/s1. The summed E-state index contributed by atoms with van der Waals surface area (Å²) in [7, 11) is 0. The highest BCUT2D eigenvalue weighted by molar-refractivity contribution is 6.01. The molecule has 142 valence electrons. The van der Waals surface area contributed by atoms with Gasteiger partial charge in [-0.2, -0.15) is 13.2 Å². The van der Waals surface area contributed by atoms with Crippen LogP contribution in [0.2, 0.25) is 0 Å². The van der Waals surface area contributed by atoms with Gasteiger partial charge in [-0.1, -0.05) is 30.3 Å². The molecule has 3 N–H and O–H groups in total. The first-order chi connectivity index (χ1) is 12.3. The van der Waals surface area contributed by atoms with Crippen molar-refractivity contribution in [3.63, 3.8) is 0 Å². The fraction of sp³-hybridized carbons (Fsp3) is 0.556. The summed E-state index contributed by atoms with van der Waals surface area (Å²) in [5.41, 5.74) is 6.93. The molecule has 2 heterocycles. The number of alkyl halides is 3. The Balaban J connectivity index is 1.68. The number of hydrogen-bond donors (Lipinski definition) is 2. The third kappa shape index (κ3) is 3.70. The van der Waals surface area contributed by atoms with Gasteiger partial charge in [-0.3, -0.25) is 9.59 Å². The number of likely N-dealkylation sites (tertiary alicyclic amines) is 1. The predicted molar refractivity (Wildman–Crippen MR) is 89.0 cm³/mol. The molecule has 2 aliphatic heterocycles. The number of nitrogens with two attached hydrogens (primary N) is 1. The number of benzene rings is 1. The van der Waals surface area contributed by atoms with E-state index in [9.17, 15) is 22.8 Å². The summed E-state index contributed by atoms with van der Waals surface area (Å²) in [4.78, 5) is 26.4. The first kappa shape index (κ1) is 18.7. The van der Waals surface area contributed by atoms with E-state index in [1.165, 1.54) is 0 Å². The number of hydrogen-bond acceptors (Lipinski definition) is 3. The van der Waals surface area contributed by atoms with Crippen LogP contribution >= 0.6 is 0 Å². The Hall–Kier alpha value is -2.09. The van der Waals surface area contributed by atoms with Crippen molar-refractivity contribution in [1.82, 2.24) is 10.2 Å². The quantitative estimate of drug-likeness (QED) is 0.796. The molecule has 0 aromatic heterocycles. The van der Waals surface area contributed by atoms with E-state index in [2.05, 4.69) is 0 Å². The zero-order valence-electron chi connectivity index (χ0n) is 14.2. The zero-order chi connectivity index (χ0) is 18.9. The van der Waals surface area contributed by atoms with Gasteiger partial charge in [0.2, 0.25) is 11.8 Å². The molecule has 4 atom stereocenters. The van der Waals surface area contributed by atoms with Crippen molar-refractivity contribution in [2.75, 3.05) is 19.6 Å². The molecule has 1 aromatic carbocycles. The third-order valence-electron chi connectivity index (χ3n) is 5.35. The largest absolute Gasteiger partial charge is 0.408 e. The Morgan fingerprint density at radius 1 is 1.19 bits per heavy atom. The van der Waals surface area contributed by atoms with E-state index < -0.39 is 30.0 Å². The highest BCUT2D eigenvalue weighted by Crippen LogP contribution is 2.34. The first-order valence-electron chi connectivity index (χ1n) is 8.72. The van der Waals surface area contributed by atoms with Crippen molar-refractivity contribution in [2.45, 2.75) is 31.0 Å². The Morgan fingerprint density at radius 3 is 2.46 bits per heavy atom. The predicted octanol–water partition coefficient (Wildman–Crippen LogP) is 1.64. The molecule has 2 fully saturated rings. The van der Waals surface area contributed by atoms with Crippen LogP contribution in [0.25, 0.3) is 0 Å². The van der Waals surface area contributed by atoms with Gasteiger partial charge in [0, 0.05) is 19.0 Å². The van der Waals surface area contributed by atoms with Gasteiger partial charge in [0.05, 0.1) is 0 Å². The molecule has 0 spiro atoms. The number of rotatable bonds is 3. The monoisotopic (exact) mass is 369 g/mol. The van der Waals surface area contributed by atoms with Crippen molar-refractivity contribution < 1.29 is 22.8 Å². The van der Waals surface area contributed by atoms with Crippen LogP contribution < -0.4 is 11.1 Å². The van der Waals surface area contributed by atoms with E-state index in [1.807, 2.05) is 35.6 Å². The summed E-state index contributed by atoms with van der Waals surface area (Å²) in [6.07, 6.45) is -4.85. The molecule has 26 heavy (non-hydrogen) atoms. The van der Waals surface area contributed by atoms with Gasteiger partial charge in [-0.15, -0.1) is 0 Å². The maximum atomic E-state index is 12.8. The second-order valence-electron chi connectivity index (χ2n) is 6.99. The highest BCUT2D eigenvalue weighted by Gasteiger charge is 2.47. The number of halogens is 3. The Bertz CT molecular complexity index is 665. The summed E-state index contributed by atoms with van der Waals surface area (Å²) in [6.45, 7) is 1.24. The number of amides is 2. The van der Waals surface area contributed by atoms with Crippen LogP contribution in [-0.2, 0) is 9.59 Å². The summed E-state index contributed by atoms with van der Waals surface area (Å²) in [6, 6.07) is 7.82. The van der Waals surface area contributed by atoms with Crippen molar-refractivity contribution in [3.8, 4) is 0 Å². The number of carbonyl (C=O) groups excluding carboxylic acids is 2. The Morgan fingerprint density at radius 2 is 1.88 bits per heavy atom. The van der Waals surface area contributed by atoms with Crippen molar-refractivity contribution >= 4 is 11.8 Å². The second kappa shape index (κ2) is 7.26. The Kier molecular flexibility index (Phi) is 5.22. The van der Waals surface area contributed by atoms with Gasteiger partial charge in [0.25, 0.3) is 0 Å². The zero-order valence-corrected chi connectivity index (χ0v) is 14.2. The number of nitrogens with one attached hydrogen (secondary N) is 1. The minimum Gasteiger partial charge on any atom is -0.344 e. The van der Waals surface area contributed by atoms with Gasteiger partial charge >= 0.3 is 6.18 Å². The maximum absolute atomic E-state index is 12.8. The van der Waals surface area contributed by atoms with E-state index in [1.54, 1.807) is 4.90 Å². The fourth-order valence-corrected chi connectivity index (χ4v) is 3.88. The SMILES string of the molecule is NC[C@@H]1CN(C(=O)C2CCC(C(F)(F)F)NC2=O)C[C@H]1c1ccccc1. The molecule has 8 heteroatoms. The van der Waals surface area contributed by atoms with Crippen LogP contribution in [-0.4, -0.2) is 48.6 Å². The van der Waals surface area contributed by atoms with E-state index >= 15 is 0 Å². The van der Waals surface area contributed by atoms with Crippen LogP contribution in [0.5, 0.6) is 0 Å². The molecule has 2 saturated heterocycles. The molecule has 0 aliphatic carbocycles. The topological polar surface area (TPSA) is 75.4 Å². The third-order valence-corrected chi connectivity index (χ3v) is 5.35. The lowest BCUT2D eigenvalue weighted by Gasteiger charge is -2.31. The molecule has 0 radical (unpaired) electrons. The molecular weight excluding hydrogens is 347 g/mol. The average molecular weight is 369 g/mol. The lowest BCUT2D eigenvalue weighted by Crippen LogP contribution is -2.54. The van der Waals surface area contributed by atoms with Crippen LogP contribution in [0.4, 0.5) is 13.2 Å². The molecule has 0 bridgehead atoms. The fourth-order valence-electron chi connectivity index (χ4n) is 3.88. The van der Waals surface area contributed by atoms with E-state index in [4.69, 9.17) is 5.73 Å². The Labute approximate surface area is 149 Å². The summed E-state index contributed by atoms with van der Waals surface area (Å²) < 4.78 is 38.3. The number of nitrogens with zero attached hydrogens (tertiary/aromatic N) is 1. The molecule has 3 rings (SSSR count). The second-order valence-corrected chi connectivity index (χ2v) is 6.99. The molecule has 5 nitrogen and oxygen atoms in total. The minimum absolute atomic E-state index is 0.0657. The lowest BCUT2D eigenvalue weighted by atomic mass is 9.89. The van der Waals surface area contributed by atoms with Crippen LogP contribution in [0.15, 0.2) is 30.3 Å². The van der Waals surface area contributed by atoms with Crippen molar-refractivity contribution in [3.05, 3.63) is 35.9 Å². The highest BCUT2D eigenvalue weighted by atomic mass is 19.4. The molecular formula is C18H22F3N3O2. The molecule has 1 aromatic rings. The van der Waals surface area contributed by atoms with Crippen LogP contribution in [0, 0.1) is 11.8 Å². The van der Waals surface area contributed by atoms with Gasteiger partial charge < -0.3 is 16.0 Å². The molecule has 2 amide bonds. The molecule has 0 saturated carbocycles. The maximum Gasteiger partial charge on any atom is 0.408 e. The lowest BCUT2D eigenvalue weighted by molar-refractivity contribution is -0.172. The normalized spacial score (nSPS) is 29.5. The van der Waals surface area contributed by atoms with Crippen LogP contribution in [0.3, 0.4) is 0 Å². The van der Waals surface area contributed by atoms with Gasteiger partial charge in [-0.05, 0) is 30.9 Å². The van der Waals surface area contributed by atoms with Crippen LogP contribution in [0.1, 0.15) is 24.3 Å². The molecule has 2 aliphatic rings.